The minimum Gasteiger partial charge on any atom is -0.455 e. The average molecular weight is 592 g/mol. The van der Waals surface area contributed by atoms with Crippen LogP contribution in [0.15, 0.2) is 48.9 Å². The lowest BCUT2D eigenvalue weighted by Gasteiger charge is -2.34. The van der Waals surface area contributed by atoms with Crippen molar-refractivity contribution in [2.24, 2.45) is 5.92 Å². The van der Waals surface area contributed by atoms with Gasteiger partial charge in [0.25, 0.3) is 0 Å². The zero-order valence-electron chi connectivity index (χ0n) is 24.3. The van der Waals surface area contributed by atoms with Crippen molar-refractivity contribution in [3.8, 4) is 22.8 Å². The minimum atomic E-state index is -2.54. The highest BCUT2D eigenvalue weighted by Gasteiger charge is 2.45. The van der Waals surface area contributed by atoms with E-state index in [0.29, 0.717) is 47.2 Å². The number of anilines is 1. The van der Waals surface area contributed by atoms with E-state index in [9.17, 15) is 8.78 Å². The number of nitrogens with two attached hydrogens (primary N) is 1. The van der Waals surface area contributed by atoms with E-state index >= 15 is 0 Å². The molecule has 0 unspecified atom stereocenters. The van der Waals surface area contributed by atoms with E-state index in [1.165, 1.54) is 0 Å². The van der Waals surface area contributed by atoms with Crippen LogP contribution in [0.1, 0.15) is 18.7 Å². The molecule has 0 saturated heterocycles. The molecule has 1 aliphatic carbocycles. The van der Waals surface area contributed by atoms with Crippen LogP contribution in [-0.4, -0.2) is 49.9 Å². The van der Waals surface area contributed by atoms with Crippen molar-refractivity contribution >= 4 is 35.8 Å². The molecule has 220 valence electrons. The summed E-state index contributed by atoms with van der Waals surface area (Å²) in [7, 11) is -1.17. The molecule has 0 bridgehead atoms. The highest BCUT2D eigenvalue weighted by molar-refractivity contribution is 6.76. The van der Waals surface area contributed by atoms with Crippen LogP contribution in [0.3, 0.4) is 0 Å². The van der Waals surface area contributed by atoms with Gasteiger partial charge in [0.05, 0.1) is 34.6 Å². The molecule has 1 aliphatic rings. The first-order valence-corrected chi connectivity index (χ1v) is 17.8. The Bertz CT molecular complexity index is 1750. The lowest BCUT2D eigenvalue weighted by atomic mass is 9.81. The van der Waals surface area contributed by atoms with Gasteiger partial charge in [-0.1, -0.05) is 19.6 Å². The summed E-state index contributed by atoms with van der Waals surface area (Å²) in [5, 5.41) is 4.33. The monoisotopic (exact) mass is 591 g/mol. The van der Waals surface area contributed by atoms with Crippen molar-refractivity contribution in [2.45, 2.75) is 64.6 Å². The molecule has 0 amide bonds. The van der Waals surface area contributed by atoms with Crippen LogP contribution >= 0.6 is 0 Å². The van der Waals surface area contributed by atoms with Crippen molar-refractivity contribution in [3.05, 3.63) is 54.7 Å². The number of fused-ring (bicyclic) bond motifs is 2. The Labute approximate surface area is 243 Å². The number of nitrogens with zero attached hydrogens (tertiary/aromatic N) is 6. The van der Waals surface area contributed by atoms with Gasteiger partial charge in [-0.3, -0.25) is 9.67 Å². The van der Waals surface area contributed by atoms with Gasteiger partial charge >= 0.3 is 0 Å². The van der Waals surface area contributed by atoms with E-state index in [2.05, 4.69) is 34.7 Å². The summed E-state index contributed by atoms with van der Waals surface area (Å²) in [6.07, 6.45) is 4.94. The third kappa shape index (κ3) is 6.00. The molecule has 42 heavy (non-hydrogen) atoms. The predicted molar refractivity (Wildman–Crippen MR) is 161 cm³/mol. The number of hydrogen-bond donors (Lipinski definition) is 1. The number of ether oxygens (including phenoxy) is 2. The SMILES string of the molecule is Cc1nc2ccc(Oc3ccc4nc(-c5cnn(CC6CC(F)(F)C6)c5)cnc4c3N)cc2n1COCC[Si](C)(C)C. The van der Waals surface area contributed by atoms with Crippen LogP contribution in [0.25, 0.3) is 33.3 Å². The summed E-state index contributed by atoms with van der Waals surface area (Å²) in [5.41, 5.74) is 11.2. The molecule has 6 rings (SSSR count). The second kappa shape index (κ2) is 10.7. The number of benzene rings is 2. The van der Waals surface area contributed by atoms with Crippen LogP contribution in [0, 0.1) is 12.8 Å². The van der Waals surface area contributed by atoms with E-state index in [1.807, 2.05) is 42.0 Å². The molecule has 1 saturated carbocycles. The molecule has 1 fully saturated rings. The smallest absolute Gasteiger partial charge is 0.248 e. The first-order valence-electron chi connectivity index (χ1n) is 14.1. The number of nitrogen functional groups attached to an aromatic ring is 1. The largest absolute Gasteiger partial charge is 0.455 e. The molecule has 2 aromatic carbocycles. The Balaban J connectivity index is 1.18. The topological polar surface area (TPSA) is 106 Å². The maximum absolute atomic E-state index is 13.2. The summed E-state index contributed by atoms with van der Waals surface area (Å²) in [6, 6.07) is 10.4. The predicted octanol–water partition coefficient (Wildman–Crippen LogP) is 6.88. The lowest BCUT2D eigenvalue weighted by Crippen LogP contribution is -2.37. The molecule has 12 heteroatoms. The Morgan fingerprint density at radius 2 is 1.86 bits per heavy atom. The summed E-state index contributed by atoms with van der Waals surface area (Å²) in [6.45, 7) is 10.6. The van der Waals surface area contributed by atoms with Gasteiger partial charge in [0.1, 0.15) is 29.5 Å². The van der Waals surface area contributed by atoms with Crippen molar-refractivity contribution in [2.75, 3.05) is 12.3 Å². The fourth-order valence-electron chi connectivity index (χ4n) is 5.20. The standard InChI is InChI=1S/C30H35F2N7O2Si/c1-19-36-23-6-5-22(11-26(23)39(19)18-40-9-10-42(2,3)4)41-27-8-7-24-29(28(27)33)34-15-25(37-24)21-14-35-38(17-21)16-20-12-30(31,32)13-20/h5-8,11,14-15,17,20H,9-10,12-13,16,18,33H2,1-4H3. The second-order valence-electron chi connectivity index (χ2n) is 12.4. The minimum absolute atomic E-state index is 0.0629. The highest BCUT2D eigenvalue weighted by atomic mass is 28.3. The molecule has 9 nitrogen and oxygen atoms in total. The second-order valence-corrected chi connectivity index (χ2v) is 18.0. The van der Waals surface area contributed by atoms with Crippen molar-refractivity contribution in [1.29, 1.82) is 0 Å². The van der Waals surface area contributed by atoms with Gasteiger partial charge in [-0.25, -0.2) is 18.7 Å². The molecule has 0 spiro atoms. The summed E-state index contributed by atoms with van der Waals surface area (Å²) >= 11 is 0. The van der Waals surface area contributed by atoms with Crippen LogP contribution in [0.2, 0.25) is 25.7 Å². The molecule has 0 atom stereocenters. The summed E-state index contributed by atoms with van der Waals surface area (Å²) in [5.74, 6) is -0.627. The van der Waals surface area contributed by atoms with Crippen LogP contribution in [0.5, 0.6) is 11.5 Å². The number of alkyl halides is 2. The van der Waals surface area contributed by atoms with Gasteiger partial charge in [-0.15, -0.1) is 0 Å². The Morgan fingerprint density at radius 1 is 1.07 bits per heavy atom. The Kier molecular flexibility index (Phi) is 7.22. The number of imidazole rings is 1. The third-order valence-corrected chi connectivity index (χ3v) is 9.32. The van der Waals surface area contributed by atoms with Crippen LogP contribution in [0.4, 0.5) is 14.5 Å². The van der Waals surface area contributed by atoms with E-state index in [-0.39, 0.29) is 18.8 Å². The zero-order chi connectivity index (χ0) is 29.6. The molecular formula is C30H35F2N7O2Si. The molecule has 3 aromatic heterocycles. The highest BCUT2D eigenvalue weighted by Crippen LogP contribution is 2.43. The molecular weight excluding hydrogens is 556 g/mol. The normalized spacial score (nSPS) is 15.4. The summed E-state index contributed by atoms with van der Waals surface area (Å²) in [4.78, 5) is 14.0. The first kappa shape index (κ1) is 28.2. The Hall–Kier alpha value is -3.90. The lowest BCUT2D eigenvalue weighted by molar-refractivity contribution is -0.114. The van der Waals surface area contributed by atoms with Crippen molar-refractivity contribution in [1.82, 2.24) is 29.3 Å². The number of hydrogen-bond acceptors (Lipinski definition) is 7. The van der Waals surface area contributed by atoms with Gasteiger partial charge < -0.3 is 19.8 Å². The van der Waals surface area contributed by atoms with E-state index in [1.54, 1.807) is 23.1 Å². The van der Waals surface area contributed by atoms with E-state index in [4.69, 9.17) is 20.2 Å². The number of aryl methyl sites for hydroxylation is 1. The quantitative estimate of drug-likeness (QED) is 0.107. The summed E-state index contributed by atoms with van der Waals surface area (Å²) < 4.78 is 42.3. The molecule has 3 heterocycles. The van der Waals surface area contributed by atoms with E-state index < -0.39 is 14.0 Å². The van der Waals surface area contributed by atoms with E-state index in [0.717, 1.165) is 35.1 Å². The molecule has 2 N–H and O–H groups in total. The van der Waals surface area contributed by atoms with Crippen LogP contribution < -0.4 is 10.5 Å². The van der Waals surface area contributed by atoms with Gasteiger partial charge in [0.15, 0.2) is 5.75 Å². The number of rotatable bonds is 10. The van der Waals surface area contributed by atoms with Crippen molar-refractivity contribution < 1.29 is 18.3 Å². The number of halogens is 2. The van der Waals surface area contributed by atoms with Gasteiger partial charge in [-0.2, -0.15) is 5.10 Å². The van der Waals surface area contributed by atoms with Crippen molar-refractivity contribution in [3.63, 3.8) is 0 Å². The molecule has 0 aliphatic heterocycles. The molecule has 0 radical (unpaired) electrons. The maximum Gasteiger partial charge on any atom is 0.248 e. The molecule has 5 aromatic rings. The Morgan fingerprint density at radius 3 is 2.62 bits per heavy atom. The fraction of sp³-hybridized carbons (Fsp3) is 0.400. The first-order chi connectivity index (χ1) is 19.9. The maximum atomic E-state index is 13.2. The average Bonchev–Trinajstić information content (AvgIpc) is 3.50. The van der Waals surface area contributed by atoms with Crippen LogP contribution in [-0.2, 0) is 18.0 Å². The number of aromatic nitrogens is 6. The third-order valence-electron chi connectivity index (χ3n) is 7.62. The van der Waals surface area contributed by atoms with Gasteiger partial charge in [0.2, 0.25) is 5.92 Å². The fourth-order valence-corrected chi connectivity index (χ4v) is 5.96. The van der Waals surface area contributed by atoms with Gasteiger partial charge in [0, 0.05) is 51.9 Å². The van der Waals surface area contributed by atoms with Gasteiger partial charge in [-0.05, 0) is 43.2 Å². The zero-order valence-corrected chi connectivity index (χ0v) is 25.3.